The van der Waals surface area contributed by atoms with E-state index in [4.69, 9.17) is 4.74 Å². The van der Waals surface area contributed by atoms with Gasteiger partial charge in [0, 0.05) is 31.3 Å². The largest absolute Gasteiger partial charge is 0.573 e. The summed E-state index contributed by atoms with van der Waals surface area (Å²) in [6.45, 7) is 3.90. The van der Waals surface area contributed by atoms with Crippen molar-refractivity contribution in [1.29, 1.82) is 0 Å². The van der Waals surface area contributed by atoms with E-state index < -0.39 is 6.36 Å². The van der Waals surface area contributed by atoms with Crippen LogP contribution in [0.3, 0.4) is 0 Å². The number of anilines is 2. The van der Waals surface area contributed by atoms with Gasteiger partial charge in [0.2, 0.25) is 5.95 Å². The summed E-state index contributed by atoms with van der Waals surface area (Å²) in [4.78, 5) is 8.77. The third-order valence-corrected chi connectivity index (χ3v) is 3.96. The van der Waals surface area contributed by atoms with Crippen molar-refractivity contribution in [3.8, 4) is 17.0 Å². The highest BCUT2D eigenvalue weighted by Gasteiger charge is 2.31. The Morgan fingerprint density at radius 1 is 1.22 bits per heavy atom. The maximum Gasteiger partial charge on any atom is 0.573 e. The van der Waals surface area contributed by atoms with Gasteiger partial charge in [-0.3, -0.25) is 0 Å². The third kappa shape index (κ3) is 5.72. The topological polar surface area (TPSA) is 68.3 Å². The summed E-state index contributed by atoms with van der Waals surface area (Å²) in [5.74, 6) is 0.679. The molecule has 1 atom stereocenters. The molecule has 0 aliphatic carbocycles. The fourth-order valence-corrected chi connectivity index (χ4v) is 2.80. The van der Waals surface area contributed by atoms with E-state index in [-0.39, 0.29) is 11.9 Å². The zero-order valence-corrected chi connectivity index (χ0v) is 14.8. The maximum atomic E-state index is 12.5. The van der Waals surface area contributed by atoms with E-state index in [2.05, 4.69) is 25.3 Å². The lowest BCUT2D eigenvalue weighted by Gasteiger charge is -2.14. The van der Waals surface area contributed by atoms with E-state index in [1.54, 1.807) is 12.1 Å². The predicted octanol–water partition coefficient (Wildman–Crippen LogP) is 4.06. The molecule has 1 aliphatic rings. The van der Waals surface area contributed by atoms with Crippen molar-refractivity contribution < 1.29 is 22.6 Å². The van der Waals surface area contributed by atoms with Crippen molar-refractivity contribution in [2.75, 3.05) is 30.3 Å². The Labute approximate surface area is 155 Å². The molecular weight excluding hydrogens is 361 g/mol. The number of rotatable bonds is 7. The number of nitrogens with zero attached hydrogens (tertiary/aromatic N) is 2. The first kappa shape index (κ1) is 19.2. The molecule has 1 fully saturated rings. The Balaban J connectivity index is 1.83. The van der Waals surface area contributed by atoms with Crippen LogP contribution in [0.25, 0.3) is 11.3 Å². The molecule has 0 spiro atoms. The van der Waals surface area contributed by atoms with E-state index in [1.165, 1.54) is 18.2 Å². The van der Waals surface area contributed by atoms with Crippen LogP contribution in [0, 0.1) is 0 Å². The molecule has 9 heteroatoms. The minimum Gasteiger partial charge on any atom is -0.406 e. The maximum absolute atomic E-state index is 12.5. The number of aromatic nitrogens is 2. The van der Waals surface area contributed by atoms with Gasteiger partial charge in [0.05, 0.1) is 11.8 Å². The number of hydrogen-bond acceptors (Lipinski definition) is 6. The normalized spacial score (nSPS) is 17.0. The summed E-state index contributed by atoms with van der Waals surface area (Å²) in [7, 11) is 0. The monoisotopic (exact) mass is 382 g/mol. The van der Waals surface area contributed by atoms with E-state index in [0.717, 1.165) is 19.4 Å². The van der Waals surface area contributed by atoms with Gasteiger partial charge in [-0.25, -0.2) is 4.98 Å². The minimum atomic E-state index is -4.74. The van der Waals surface area contributed by atoms with Crippen LogP contribution in [0.1, 0.15) is 19.8 Å². The first-order valence-corrected chi connectivity index (χ1v) is 8.77. The lowest BCUT2D eigenvalue weighted by atomic mass is 10.1. The standard InChI is InChI=1S/C18H21F3N4O2/c1-2-22-17-24-15(10-16(25-17)23-11-14-7-4-8-26-14)12-5-3-6-13(9-12)27-18(19,20)21/h3,5-6,9-10,14H,2,4,7-8,11H2,1H3,(H2,22,23,24,25)/t14-/m1/s1. The van der Waals surface area contributed by atoms with Crippen molar-refractivity contribution >= 4 is 11.8 Å². The van der Waals surface area contributed by atoms with Crippen molar-refractivity contribution in [2.45, 2.75) is 32.2 Å². The number of benzene rings is 1. The average Bonchev–Trinajstić information content (AvgIpc) is 3.12. The Morgan fingerprint density at radius 2 is 2.07 bits per heavy atom. The fourth-order valence-electron chi connectivity index (χ4n) is 2.80. The molecule has 2 heterocycles. The number of hydrogen-bond donors (Lipinski definition) is 2. The van der Waals surface area contributed by atoms with Crippen LogP contribution in [0.5, 0.6) is 5.75 Å². The summed E-state index contributed by atoms with van der Waals surface area (Å²) in [6, 6.07) is 7.41. The molecule has 0 bridgehead atoms. The second kappa shape index (κ2) is 8.43. The van der Waals surface area contributed by atoms with Crippen molar-refractivity contribution in [2.24, 2.45) is 0 Å². The second-order valence-corrected chi connectivity index (χ2v) is 6.08. The van der Waals surface area contributed by atoms with Crippen LogP contribution in [0.4, 0.5) is 24.9 Å². The van der Waals surface area contributed by atoms with Gasteiger partial charge in [-0.15, -0.1) is 13.2 Å². The predicted molar refractivity (Wildman–Crippen MR) is 95.8 cm³/mol. The van der Waals surface area contributed by atoms with Gasteiger partial charge in [-0.1, -0.05) is 12.1 Å². The van der Waals surface area contributed by atoms with Crippen LogP contribution in [0.15, 0.2) is 30.3 Å². The summed E-state index contributed by atoms with van der Waals surface area (Å²) in [5.41, 5.74) is 0.988. The van der Waals surface area contributed by atoms with E-state index in [9.17, 15) is 13.2 Å². The Morgan fingerprint density at radius 3 is 2.78 bits per heavy atom. The first-order chi connectivity index (χ1) is 12.9. The van der Waals surface area contributed by atoms with Crippen molar-refractivity contribution in [3.05, 3.63) is 30.3 Å². The highest BCUT2D eigenvalue weighted by atomic mass is 19.4. The van der Waals surface area contributed by atoms with Crippen LogP contribution in [-0.4, -0.2) is 42.1 Å². The minimum absolute atomic E-state index is 0.134. The van der Waals surface area contributed by atoms with Gasteiger partial charge in [0.15, 0.2) is 0 Å². The lowest BCUT2D eigenvalue weighted by molar-refractivity contribution is -0.274. The van der Waals surface area contributed by atoms with Gasteiger partial charge in [0.25, 0.3) is 0 Å². The van der Waals surface area contributed by atoms with Gasteiger partial charge in [0.1, 0.15) is 11.6 Å². The Kier molecular flexibility index (Phi) is 6.00. The highest BCUT2D eigenvalue weighted by Crippen LogP contribution is 2.28. The molecule has 27 heavy (non-hydrogen) atoms. The first-order valence-electron chi connectivity index (χ1n) is 8.77. The fraction of sp³-hybridized carbons (Fsp3) is 0.444. The Hall–Kier alpha value is -2.55. The molecule has 2 aromatic rings. The number of nitrogens with one attached hydrogen (secondary N) is 2. The molecule has 1 aliphatic heterocycles. The number of ether oxygens (including phenoxy) is 2. The number of alkyl halides is 3. The molecule has 0 unspecified atom stereocenters. The average molecular weight is 382 g/mol. The van der Waals surface area contributed by atoms with Gasteiger partial charge < -0.3 is 20.1 Å². The zero-order valence-electron chi connectivity index (χ0n) is 14.8. The summed E-state index contributed by atoms with van der Waals surface area (Å²) >= 11 is 0. The highest BCUT2D eigenvalue weighted by molar-refractivity contribution is 5.65. The molecular formula is C18H21F3N4O2. The molecule has 1 aromatic carbocycles. The summed E-state index contributed by atoms with van der Waals surface area (Å²) in [5, 5.41) is 6.26. The van der Waals surface area contributed by atoms with Crippen LogP contribution in [0.2, 0.25) is 0 Å². The smallest absolute Gasteiger partial charge is 0.406 e. The molecule has 6 nitrogen and oxygen atoms in total. The van der Waals surface area contributed by atoms with Crippen molar-refractivity contribution in [3.63, 3.8) is 0 Å². The van der Waals surface area contributed by atoms with E-state index >= 15 is 0 Å². The zero-order chi connectivity index (χ0) is 19.3. The quantitative estimate of drug-likeness (QED) is 0.753. The van der Waals surface area contributed by atoms with E-state index in [0.29, 0.717) is 36.1 Å². The molecule has 2 N–H and O–H groups in total. The molecule has 146 valence electrons. The van der Waals surface area contributed by atoms with Gasteiger partial charge >= 0.3 is 6.36 Å². The second-order valence-electron chi connectivity index (χ2n) is 6.08. The molecule has 1 aromatic heterocycles. The molecule has 0 radical (unpaired) electrons. The number of halogens is 3. The van der Waals surface area contributed by atoms with Crippen molar-refractivity contribution in [1.82, 2.24) is 9.97 Å². The molecule has 1 saturated heterocycles. The van der Waals surface area contributed by atoms with Gasteiger partial charge in [-0.05, 0) is 31.9 Å². The third-order valence-electron chi connectivity index (χ3n) is 3.96. The van der Waals surface area contributed by atoms with E-state index in [1.807, 2.05) is 6.92 Å². The summed E-state index contributed by atoms with van der Waals surface area (Å²) in [6.07, 6.45) is -2.58. The molecule has 0 amide bonds. The van der Waals surface area contributed by atoms with Gasteiger partial charge in [-0.2, -0.15) is 4.98 Å². The molecule has 0 saturated carbocycles. The van der Waals surface area contributed by atoms with Crippen LogP contribution in [-0.2, 0) is 4.74 Å². The molecule has 3 rings (SSSR count). The van der Waals surface area contributed by atoms with Crippen LogP contribution < -0.4 is 15.4 Å². The lowest BCUT2D eigenvalue weighted by Crippen LogP contribution is -2.19. The van der Waals surface area contributed by atoms with Crippen LogP contribution >= 0.6 is 0 Å². The SMILES string of the molecule is CCNc1nc(NC[C@H]2CCCO2)cc(-c2cccc(OC(F)(F)F)c2)n1. The summed E-state index contributed by atoms with van der Waals surface area (Å²) < 4.78 is 47.0. The Bertz CT molecular complexity index is 765.